The summed E-state index contributed by atoms with van der Waals surface area (Å²) in [4.78, 5) is 45.2. The van der Waals surface area contributed by atoms with Crippen molar-refractivity contribution in [1.29, 1.82) is 0 Å². The summed E-state index contributed by atoms with van der Waals surface area (Å²) in [6, 6.07) is 27.4. The predicted octanol–water partition coefficient (Wildman–Crippen LogP) is 5.71. The smallest absolute Gasteiger partial charge is 0.298 e. The van der Waals surface area contributed by atoms with Crippen LogP contribution in [-0.4, -0.2) is 31.3 Å². The van der Waals surface area contributed by atoms with Gasteiger partial charge in [0.25, 0.3) is 0 Å². The Hall–Kier alpha value is -4.60. The SMILES string of the molecule is O=Cc1cccc(COC(OCc2cccc(C=O)c2)(OCc2cccc(C=O)c2)OCc2cccc(C=O)c2)c1. The van der Waals surface area contributed by atoms with Crippen molar-refractivity contribution < 1.29 is 38.1 Å². The highest BCUT2D eigenvalue weighted by atomic mass is 17.0. The zero-order valence-electron chi connectivity index (χ0n) is 22.1. The van der Waals surface area contributed by atoms with Gasteiger partial charge in [-0.3, -0.25) is 38.1 Å². The third-order valence-corrected chi connectivity index (χ3v) is 6.01. The Kier molecular flexibility index (Phi) is 10.5. The van der Waals surface area contributed by atoms with Crippen LogP contribution in [0.1, 0.15) is 63.7 Å². The van der Waals surface area contributed by atoms with E-state index in [1.54, 1.807) is 97.1 Å². The van der Waals surface area contributed by atoms with Gasteiger partial charge < -0.3 is 0 Å². The molecule has 4 rings (SSSR count). The van der Waals surface area contributed by atoms with Gasteiger partial charge >= 0.3 is 6.16 Å². The lowest BCUT2D eigenvalue weighted by Crippen LogP contribution is -2.42. The van der Waals surface area contributed by atoms with Gasteiger partial charge in [0.15, 0.2) is 0 Å². The molecule has 0 aliphatic carbocycles. The van der Waals surface area contributed by atoms with Crippen molar-refractivity contribution in [1.82, 2.24) is 0 Å². The van der Waals surface area contributed by atoms with E-state index < -0.39 is 6.16 Å². The summed E-state index contributed by atoms with van der Waals surface area (Å²) in [6.45, 7) is -0.171. The van der Waals surface area contributed by atoms with Gasteiger partial charge in [-0.25, -0.2) is 0 Å². The van der Waals surface area contributed by atoms with Gasteiger partial charge in [-0.1, -0.05) is 72.8 Å². The zero-order valence-corrected chi connectivity index (χ0v) is 22.1. The monoisotopic (exact) mass is 552 g/mol. The van der Waals surface area contributed by atoms with Crippen LogP contribution in [0, 0.1) is 0 Å². The maximum Gasteiger partial charge on any atom is 0.414 e. The van der Waals surface area contributed by atoms with Crippen molar-refractivity contribution in [2.45, 2.75) is 32.6 Å². The molecule has 4 aromatic rings. The molecule has 0 bridgehead atoms. The van der Waals surface area contributed by atoms with Crippen LogP contribution in [0.3, 0.4) is 0 Å². The minimum absolute atomic E-state index is 0.0428. The molecule has 0 unspecified atom stereocenters. The third kappa shape index (κ3) is 8.69. The van der Waals surface area contributed by atoms with Gasteiger partial charge in [-0.05, 0) is 46.5 Å². The van der Waals surface area contributed by atoms with E-state index in [4.69, 9.17) is 18.9 Å². The summed E-state index contributed by atoms with van der Waals surface area (Å²) < 4.78 is 24.6. The molecule has 4 aromatic carbocycles. The van der Waals surface area contributed by atoms with Crippen LogP contribution in [0.15, 0.2) is 97.1 Å². The molecule has 0 heterocycles. The molecule has 208 valence electrons. The first-order valence-corrected chi connectivity index (χ1v) is 12.8. The number of carbonyl (C=O) groups is 4. The van der Waals surface area contributed by atoms with Crippen LogP contribution < -0.4 is 0 Å². The standard InChI is InChI=1S/C33H28O8/c34-17-25-5-1-9-29(13-25)21-38-33(39-22-30-10-2-6-26(14-30)18-35,40-23-31-11-3-7-27(15-31)19-36)41-24-32-12-4-8-28(16-32)20-37/h1-20H,21-24H2. The van der Waals surface area contributed by atoms with Crippen LogP contribution in [0.2, 0.25) is 0 Å². The zero-order chi connectivity index (χ0) is 28.9. The number of hydrogen-bond acceptors (Lipinski definition) is 8. The molecule has 0 saturated heterocycles. The minimum atomic E-state index is -2.07. The van der Waals surface area contributed by atoms with E-state index in [0.29, 0.717) is 44.5 Å². The van der Waals surface area contributed by atoms with Crippen molar-refractivity contribution in [2.24, 2.45) is 0 Å². The second kappa shape index (κ2) is 14.7. The number of aldehydes is 4. The van der Waals surface area contributed by atoms with Gasteiger partial charge in [0.05, 0.1) is 26.4 Å². The van der Waals surface area contributed by atoms with Crippen molar-refractivity contribution in [2.75, 3.05) is 0 Å². The van der Waals surface area contributed by atoms with Gasteiger partial charge in [-0.15, -0.1) is 0 Å². The Morgan fingerprint density at radius 3 is 0.878 bits per heavy atom. The molecule has 0 saturated carbocycles. The average Bonchev–Trinajstić information content (AvgIpc) is 3.04. The Morgan fingerprint density at radius 2 is 0.659 bits per heavy atom. The van der Waals surface area contributed by atoms with Crippen LogP contribution in [0.4, 0.5) is 0 Å². The fraction of sp³-hybridized carbons (Fsp3) is 0.152. The summed E-state index contributed by atoms with van der Waals surface area (Å²) in [5, 5.41) is 0. The van der Waals surface area contributed by atoms with E-state index in [-0.39, 0.29) is 26.4 Å². The Balaban J connectivity index is 1.65. The molecular weight excluding hydrogens is 524 g/mol. The van der Waals surface area contributed by atoms with Crippen molar-refractivity contribution in [3.8, 4) is 0 Å². The van der Waals surface area contributed by atoms with Crippen LogP contribution in [0.5, 0.6) is 0 Å². The molecule has 0 aromatic heterocycles. The first-order chi connectivity index (χ1) is 20.0. The quantitative estimate of drug-likeness (QED) is 0.128. The van der Waals surface area contributed by atoms with E-state index in [2.05, 4.69) is 0 Å². The number of carbonyl (C=O) groups excluding carboxylic acids is 4. The second-order valence-electron chi connectivity index (χ2n) is 9.11. The Labute approximate surface area is 237 Å². The number of ether oxygens (including phenoxy) is 4. The van der Waals surface area contributed by atoms with E-state index in [0.717, 1.165) is 25.1 Å². The topological polar surface area (TPSA) is 105 Å². The fourth-order valence-corrected chi connectivity index (χ4v) is 3.96. The molecule has 0 amide bonds. The van der Waals surface area contributed by atoms with Gasteiger partial charge in [0, 0.05) is 22.3 Å². The molecule has 8 heteroatoms. The summed E-state index contributed by atoms with van der Waals surface area (Å²) in [5.41, 5.74) is 4.57. The summed E-state index contributed by atoms with van der Waals surface area (Å²) in [5.74, 6) is 0. The second-order valence-corrected chi connectivity index (χ2v) is 9.11. The number of hydrogen-bond donors (Lipinski definition) is 0. The van der Waals surface area contributed by atoms with Crippen LogP contribution in [-0.2, 0) is 45.4 Å². The molecule has 0 N–H and O–H groups in total. The molecule has 8 nitrogen and oxygen atoms in total. The highest BCUT2D eigenvalue weighted by molar-refractivity contribution is 5.76. The maximum absolute atomic E-state index is 11.3. The number of benzene rings is 4. The fourth-order valence-electron chi connectivity index (χ4n) is 3.96. The first-order valence-electron chi connectivity index (χ1n) is 12.8. The molecule has 0 radical (unpaired) electrons. The Morgan fingerprint density at radius 1 is 0.415 bits per heavy atom. The van der Waals surface area contributed by atoms with E-state index in [9.17, 15) is 19.2 Å². The normalized spacial score (nSPS) is 11.1. The van der Waals surface area contributed by atoms with E-state index in [1.807, 2.05) is 0 Å². The molecule has 0 aliphatic rings. The van der Waals surface area contributed by atoms with Gasteiger partial charge in [-0.2, -0.15) is 0 Å². The average molecular weight is 553 g/mol. The Bertz CT molecular complexity index is 1270. The molecule has 41 heavy (non-hydrogen) atoms. The molecule has 0 atom stereocenters. The van der Waals surface area contributed by atoms with Crippen molar-refractivity contribution >= 4 is 25.1 Å². The van der Waals surface area contributed by atoms with E-state index in [1.165, 1.54) is 0 Å². The minimum Gasteiger partial charge on any atom is -0.298 e. The maximum atomic E-state index is 11.3. The predicted molar refractivity (Wildman–Crippen MR) is 149 cm³/mol. The van der Waals surface area contributed by atoms with Gasteiger partial charge in [0.1, 0.15) is 25.1 Å². The number of rotatable bonds is 16. The highest BCUT2D eigenvalue weighted by Gasteiger charge is 2.37. The lowest BCUT2D eigenvalue weighted by Gasteiger charge is -2.32. The summed E-state index contributed by atoms with van der Waals surface area (Å²) in [6.07, 6.45) is 0.879. The first kappa shape index (κ1) is 29.4. The molecule has 0 spiro atoms. The highest BCUT2D eigenvalue weighted by Crippen LogP contribution is 2.26. The molecule has 0 aliphatic heterocycles. The lowest BCUT2D eigenvalue weighted by atomic mass is 10.1. The van der Waals surface area contributed by atoms with Crippen molar-refractivity contribution in [3.63, 3.8) is 0 Å². The van der Waals surface area contributed by atoms with Crippen molar-refractivity contribution in [3.05, 3.63) is 142 Å². The lowest BCUT2D eigenvalue weighted by molar-refractivity contribution is -0.513. The molecule has 0 fully saturated rings. The largest absolute Gasteiger partial charge is 0.414 e. The van der Waals surface area contributed by atoms with Crippen LogP contribution in [0.25, 0.3) is 0 Å². The van der Waals surface area contributed by atoms with E-state index >= 15 is 0 Å². The summed E-state index contributed by atoms with van der Waals surface area (Å²) >= 11 is 0. The van der Waals surface area contributed by atoms with Gasteiger partial charge in [0.2, 0.25) is 0 Å². The van der Waals surface area contributed by atoms with Crippen LogP contribution >= 0.6 is 0 Å². The molecular formula is C33H28O8. The third-order valence-electron chi connectivity index (χ3n) is 6.01. The summed E-state index contributed by atoms with van der Waals surface area (Å²) in [7, 11) is 0.